The van der Waals surface area contributed by atoms with E-state index in [0.29, 0.717) is 5.01 Å². The van der Waals surface area contributed by atoms with Gasteiger partial charge < -0.3 is 11.5 Å². The molecule has 7 heteroatoms. The van der Waals surface area contributed by atoms with E-state index in [1.54, 1.807) is 18.2 Å². The van der Waals surface area contributed by atoms with Crippen LogP contribution in [0.1, 0.15) is 10.4 Å². The zero-order chi connectivity index (χ0) is 13.0. The van der Waals surface area contributed by atoms with Crippen LogP contribution in [0.4, 0.5) is 5.69 Å². The molecule has 0 heterocycles. The van der Waals surface area contributed by atoms with Gasteiger partial charge in [-0.3, -0.25) is 9.59 Å². The van der Waals surface area contributed by atoms with Crippen molar-refractivity contribution < 1.29 is 9.59 Å². The lowest BCUT2D eigenvalue weighted by Crippen LogP contribution is -2.51. The van der Waals surface area contributed by atoms with Crippen molar-refractivity contribution in [1.29, 1.82) is 0 Å². The zero-order valence-corrected chi connectivity index (χ0v) is 9.93. The molecule has 0 spiro atoms. The van der Waals surface area contributed by atoms with E-state index in [4.69, 9.17) is 17.3 Å². The van der Waals surface area contributed by atoms with E-state index in [-0.39, 0.29) is 17.0 Å². The summed E-state index contributed by atoms with van der Waals surface area (Å²) in [6.07, 6.45) is 0. The number of carbonyl (C=O) groups is 2. The largest absolute Gasteiger partial charge is 0.398 e. The average molecular weight is 254 g/mol. The Morgan fingerprint density at radius 3 is 2.47 bits per heavy atom. The number of anilines is 1. The first kappa shape index (κ1) is 13.5. The van der Waals surface area contributed by atoms with E-state index in [9.17, 15) is 9.59 Å². The third-order valence-corrected chi connectivity index (χ3v) is 2.55. The standard InChI is InChI=1S/C10H14N4O2S/c11-7-4-2-1-3-6(7)9(15)14(13)10(16)8(12)5-17/h1-4,8,17H,5,11-13H2/t8-/m0/s1. The summed E-state index contributed by atoms with van der Waals surface area (Å²) < 4.78 is 0. The monoisotopic (exact) mass is 254 g/mol. The molecule has 0 aliphatic rings. The summed E-state index contributed by atoms with van der Waals surface area (Å²) in [7, 11) is 0. The Balaban J connectivity index is 2.91. The number of nitrogen functional groups attached to an aromatic ring is 1. The number of para-hydroxylation sites is 1. The Bertz CT molecular complexity index is 438. The van der Waals surface area contributed by atoms with Crippen LogP contribution in [0, 0.1) is 0 Å². The molecule has 0 aliphatic heterocycles. The molecule has 0 aromatic heterocycles. The normalized spacial score (nSPS) is 11.9. The number of benzene rings is 1. The fourth-order valence-corrected chi connectivity index (χ4v) is 1.33. The van der Waals surface area contributed by atoms with E-state index in [2.05, 4.69) is 12.6 Å². The number of hydrogen-bond donors (Lipinski definition) is 4. The van der Waals surface area contributed by atoms with Crippen molar-refractivity contribution in [3.63, 3.8) is 0 Å². The Morgan fingerprint density at radius 2 is 1.94 bits per heavy atom. The molecule has 1 rings (SSSR count). The quantitative estimate of drug-likeness (QED) is 0.188. The van der Waals surface area contributed by atoms with E-state index in [1.165, 1.54) is 6.07 Å². The number of hydrogen-bond acceptors (Lipinski definition) is 6. The number of rotatable bonds is 3. The first-order valence-corrected chi connectivity index (χ1v) is 5.46. The molecule has 1 aromatic rings. The maximum absolute atomic E-state index is 11.8. The highest BCUT2D eigenvalue weighted by molar-refractivity contribution is 7.80. The molecule has 0 saturated carbocycles. The summed E-state index contributed by atoms with van der Waals surface area (Å²) in [5.74, 6) is 4.11. The van der Waals surface area contributed by atoms with Gasteiger partial charge in [0, 0.05) is 11.4 Å². The highest BCUT2D eigenvalue weighted by Crippen LogP contribution is 2.12. The van der Waals surface area contributed by atoms with Crippen LogP contribution < -0.4 is 17.3 Å². The van der Waals surface area contributed by atoms with E-state index in [0.717, 1.165) is 0 Å². The summed E-state index contributed by atoms with van der Waals surface area (Å²) in [5, 5.41) is 0.465. The summed E-state index contributed by atoms with van der Waals surface area (Å²) in [6.45, 7) is 0. The van der Waals surface area contributed by atoms with Crippen LogP contribution in [0.5, 0.6) is 0 Å². The van der Waals surface area contributed by atoms with Crippen LogP contribution >= 0.6 is 12.6 Å². The molecule has 0 unspecified atom stereocenters. The molecular weight excluding hydrogens is 240 g/mol. The summed E-state index contributed by atoms with van der Waals surface area (Å²) >= 11 is 3.86. The average Bonchev–Trinajstić information content (AvgIpc) is 2.35. The maximum Gasteiger partial charge on any atom is 0.276 e. The van der Waals surface area contributed by atoms with Crippen LogP contribution in [0.25, 0.3) is 0 Å². The first-order valence-electron chi connectivity index (χ1n) is 4.83. The van der Waals surface area contributed by atoms with Crippen molar-refractivity contribution in [3.05, 3.63) is 29.8 Å². The third kappa shape index (κ3) is 2.96. The maximum atomic E-state index is 11.8. The molecule has 6 N–H and O–H groups in total. The van der Waals surface area contributed by atoms with Gasteiger partial charge in [-0.25, -0.2) is 10.9 Å². The third-order valence-electron chi connectivity index (χ3n) is 2.16. The molecule has 0 fully saturated rings. The first-order chi connectivity index (χ1) is 7.99. The van der Waals surface area contributed by atoms with Gasteiger partial charge in [0.15, 0.2) is 0 Å². The Morgan fingerprint density at radius 1 is 1.35 bits per heavy atom. The second-order valence-corrected chi connectivity index (χ2v) is 3.75. The fourth-order valence-electron chi connectivity index (χ4n) is 1.18. The Labute approximate surface area is 104 Å². The van der Waals surface area contributed by atoms with Crippen LogP contribution in [0.15, 0.2) is 24.3 Å². The number of nitrogens with zero attached hydrogens (tertiary/aromatic N) is 1. The van der Waals surface area contributed by atoms with Crippen LogP contribution in [-0.4, -0.2) is 28.6 Å². The van der Waals surface area contributed by atoms with Crippen molar-refractivity contribution in [2.24, 2.45) is 11.6 Å². The minimum atomic E-state index is -0.919. The molecule has 1 atom stereocenters. The molecule has 1 aromatic carbocycles. The topological polar surface area (TPSA) is 115 Å². The zero-order valence-electron chi connectivity index (χ0n) is 9.04. The van der Waals surface area contributed by atoms with Gasteiger partial charge in [-0.1, -0.05) is 12.1 Å². The second-order valence-electron chi connectivity index (χ2n) is 3.39. The highest BCUT2D eigenvalue weighted by Gasteiger charge is 2.25. The molecule has 92 valence electrons. The lowest BCUT2D eigenvalue weighted by molar-refractivity contribution is -0.129. The number of thiol groups is 1. The van der Waals surface area contributed by atoms with Crippen LogP contribution in [0.3, 0.4) is 0 Å². The van der Waals surface area contributed by atoms with Crippen LogP contribution in [0.2, 0.25) is 0 Å². The predicted octanol–water partition coefficient (Wildman–Crippen LogP) is -0.632. The van der Waals surface area contributed by atoms with Crippen molar-refractivity contribution in [3.8, 4) is 0 Å². The smallest absolute Gasteiger partial charge is 0.276 e. The van der Waals surface area contributed by atoms with E-state index < -0.39 is 17.9 Å². The van der Waals surface area contributed by atoms with Gasteiger partial charge in [0.2, 0.25) is 0 Å². The van der Waals surface area contributed by atoms with Crippen molar-refractivity contribution >= 4 is 30.1 Å². The molecule has 6 nitrogen and oxygen atoms in total. The molecule has 0 aliphatic carbocycles. The van der Waals surface area contributed by atoms with Gasteiger partial charge in [0.05, 0.1) is 11.6 Å². The van der Waals surface area contributed by atoms with Gasteiger partial charge in [0.25, 0.3) is 11.8 Å². The van der Waals surface area contributed by atoms with Gasteiger partial charge in [-0.15, -0.1) is 0 Å². The van der Waals surface area contributed by atoms with Crippen molar-refractivity contribution in [2.45, 2.75) is 6.04 Å². The fraction of sp³-hybridized carbons (Fsp3) is 0.200. The van der Waals surface area contributed by atoms with Crippen LogP contribution in [-0.2, 0) is 4.79 Å². The van der Waals surface area contributed by atoms with Gasteiger partial charge in [-0.2, -0.15) is 12.6 Å². The minimum Gasteiger partial charge on any atom is -0.398 e. The number of nitrogens with two attached hydrogens (primary N) is 3. The van der Waals surface area contributed by atoms with Gasteiger partial charge in [-0.05, 0) is 12.1 Å². The molecule has 17 heavy (non-hydrogen) atoms. The summed E-state index contributed by atoms with van der Waals surface area (Å²) in [6, 6.07) is 5.41. The predicted molar refractivity (Wildman–Crippen MR) is 68.0 cm³/mol. The second kappa shape index (κ2) is 5.67. The molecular formula is C10H14N4O2S. The highest BCUT2D eigenvalue weighted by atomic mass is 32.1. The van der Waals surface area contributed by atoms with Gasteiger partial charge >= 0.3 is 0 Å². The molecule has 0 saturated heterocycles. The summed E-state index contributed by atoms with van der Waals surface area (Å²) in [4.78, 5) is 23.4. The SMILES string of the molecule is Nc1ccccc1C(=O)N(N)C(=O)[C@@H](N)CS. The summed E-state index contributed by atoms with van der Waals surface area (Å²) in [5.41, 5.74) is 11.5. The molecule has 0 radical (unpaired) electrons. The lowest BCUT2D eigenvalue weighted by atomic mass is 10.1. The molecule has 2 amide bonds. The van der Waals surface area contributed by atoms with Crippen molar-refractivity contribution in [2.75, 3.05) is 11.5 Å². The minimum absolute atomic E-state index is 0.101. The Hall–Kier alpha value is -1.57. The Kier molecular flexibility index (Phi) is 4.50. The number of imide groups is 1. The lowest BCUT2D eigenvalue weighted by Gasteiger charge is -2.18. The number of hydrazine groups is 1. The molecule has 0 bridgehead atoms. The number of carbonyl (C=O) groups excluding carboxylic acids is 2. The van der Waals surface area contributed by atoms with Gasteiger partial charge in [0.1, 0.15) is 0 Å². The van der Waals surface area contributed by atoms with Crippen molar-refractivity contribution in [1.82, 2.24) is 5.01 Å². The van der Waals surface area contributed by atoms with E-state index >= 15 is 0 Å². The number of amides is 2. The van der Waals surface area contributed by atoms with E-state index in [1.807, 2.05) is 0 Å².